The first kappa shape index (κ1) is 11.5. The minimum absolute atomic E-state index is 0.769. The maximum atomic E-state index is 5.23. The van der Waals surface area contributed by atoms with E-state index in [1.54, 1.807) is 7.11 Å². The van der Waals surface area contributed by atoms with Gasteiger partial charge in [-0.3, -0.25) is 0 Å². The molecule has 2 nitrogen and oxygen atoms in total. The zero-order chi connectivity index (χ0) is 11.4. The maximum Gasteiger partial charge on any atom is 0.119 e. The van der Waals surface area contributed by atoms with Crippen molar-refractivity contribution in [3.8, 4) is 5.75 Å². The van der Waals surface area contributed by atoms with Crippen molar-refractivity contribution in [1.29, 1.82) is 0 Å². The van der Waals surface area contributed by atoms with Gasteiger partial charge in [-0.25, -0.2) is 0 Å². The van der Waals surface area contributed by atoms with Crippen molar-refractivity contribution in [2.24, 2.45) is 0 Å². The van der Waals surface area contributed by atoms with Gasteiger partial charge in [-0.15, -0.1) is 0 Å². The summed E-state index contributed by atoms with van der Waals surface area (Å²) < 4.78 is 5.23. The van der Waals surface area contributed by atoms with E-state index in [1.807, 2.05) is 6.07 Å². The van der Waals surface area contributed by atoms with Gasteiger partial charge >= 0.3 is 0 Å². The van der Waals surface area contributed by atoms with E-state index in [9.17, 15) is 0 Å². The van der Waals surface area contributed by atoms with Gasteiger partial charge in [0.2, 0.25) is 0 Å². The normalized spacial score (nSPS) is 21.2. The van der Waals surface area contributed by atoms with E-state index in [0.29, 0.717) is 0 Å². The minimum Gasteiger partial charge on any atom is -0.497 e. The number of likely N-dealkylation sites (tertiary alicyclic amines) is 1. The molecular formula is C14H21NO. The second kappa shape index (κ2) is 5.35. The average Bonchev–Trinajstić information content (AvgIpc) is 2.72. The molecule has 0 spiro atoms. The van der Waals surface area contributed by atoms with Crippen molar-refractivity contribution in [2.45, 2.75) is 32.2 Å². The lowest BCUT2D eigenvalue weighted by molar-refractivity contribution is 0.272. The van der Waals surface area contributed by atoms with Crippen LogP contribution in [0.25, 0.3) is 0 Å². The Morgan fingerprint density at radius 2 is 2.31 bits per heavy atom. The summed E-state index contributed by atoms with van der Waals surface area (Å²) in [5, 5.41) is 0. The third kappa shape index (κ3) is 2.76. The lowest BCUT2D eigenvalue weighted by Crippen LogP contribution is -2.28. The van der Waals surface area contributed by atoms with Gasteiger partial charge in [-0.1, -0.05) is 12.1 Å². The molecule has 2 rings (SSSR count). The molecule has 88 valence electrons. The summed E-state index contributed by atoms with van der Waals surface area (Å²) in [4.78, 5) is 2.58. The Morgan fingerprint density at radius 1 is 1.44 bits per heavy atom. The predicted molar refractivity (Wildman–Crippen MR) is 67.0 cm³/mol. The van der Waals surface area contributed by atoms with Gasteiger partial charge in [0.05, 0.1) is 7.11 Å². The summed E-state index contributed by atoms with van der Waals surface area (Å²) in [5.41, 5.74) is 1.37. The van der Waals surface area contributed by atoms with E-state index in [-0.39, 0.29) is 0 Å². The van der Waals surface area contributed by atoms with E-state index < -0.39 is 0 Å². The van der Waals surface area contributed by atoms with Crippen LogP contribution in [0.3, 0.4) is 0 Å². The molecule has 1 aromatic rings. The molecule has 0 saturated carbocycles. The Hall–Kier alpha value is -1.02. The van der Waals surface area contributed by atoms with Crippen LogP contribution in [0.15, 0.2) is 24.3 Å². The molecule has 1 atom stereocenters. The molecule has 1 aliphatic heterocycles. The molecule has 1 saturated heterocycles. The van der Waals surface area contributed by atoms with E-state index in [4.69, 9.17) is 4.74 Å². The molecule has 0 aliphatic carbocycles. The molecule has 0 N–H and O–H groups in total. The lowest BCUT2D eigenvalue weighted by atomic mass is 10.1. The van der Waals surface area contributed by atoms with Crippen LogP contribution in [0.2, 0.25) is 0 Å². The quantitative estimate of drug-likeness (QED) is 0.772. The van der Waals surface area contributed by atoms with E-state index >= 15 is 0 Å². The summed E-state index contributed by atoms with van der Waals surface area (Å²) in [7, 11) is 1.72. The SMILES string of the molecule is COc1cccc(CCN2CCC[C@@H]2C)c1. The minimum atomic E-state index is 0.769. The Kier molecular flexibility index (Phi) is 3.83. The van der Waals surface area contributed by atoms with Gasteiger partial charge in [-0.05, 0) is 50.4 Å². The number of rotatable bonds is 4. The molecule has 0 unspecified atom stereocenters. The van der Waals surface area contributed by atoms with Crippen molar-refractivity contribution in [2.75, 3.05) is 20.2 Å². The number of benzene rings is 1. The molecule has 0 amide bonds. The number of methoxy groups -OCH3 is 1. The summed E-state index contributed by atoms with van der Waals surface area (Å²) in [6.07, 6.45) is 3.85. The predicted octanol–water partition coefficient (Wildman–Crippen LogP) is 2.72. The van der Waals surface area contributed by atoms with Crippen LogP contribution >= 0.6 is 0 Å². The van der Waals surface area contributed by atoms with Crippen molar-refractivity contribution >= 4 is 0 Å². The molecule has 16 heavy (non-hydrogen) atoms. The van der Waals surface area contributed by atoms with Gasteiger partial charge in [0.1, 0.15) is 5.75 Å². The number of ether oxygens (including phenoxy) is 1. The van der Waals surface area contributed by atoms with Crippen LogP contribution in [-0.4, -0.2) is 31.1 Å². The third-order valence-electron chi connectivity index (χ3n) is 3.51. The molecule has 1 aliphatic rings. The van der Waals surface area contributed by atoms with Crippen LogP contribution in [-0.2, 0) is 6.42 Å². The summed E-state index contributed by atoms with van der Waals surface area (Å²) in [5.74, 6) is 0.965. The van der Waals surface area contributed by atoms with Crippen LogP contribution in [0.1, 0.15) is 25.3 Å². The van der Waals surface area contributed by atoms with E-state index in [1.165, 1.54) is 31.5 Å². The zero-order valence-corrected chi connectivity index (χ0v) is 10.3. The molecule has 2 heteroatoms. The number of hydrogen-bond donors (Lipinski definition) is 0. The van der Waals surface area contributed by atoms with Gasteiger partial charge in [0, 0.05) is 12.6 Å². The molecule has 1 aromatic carbocycles. The largest absolute Gasteiger partial charge is 0.497 e. The van der Waals surface area contributed by atoms with E-state index in [2.05, 4.69) is 30.0 Å². The van der Waals surface area contributed by atoms with Gasteiger partial charge in [0.25, 0.3) is 0 Å². The second-order valence-electron chi connectivity index (χ2n) is 4.63. The first-order chi connectivity index (χ1) is 7.79. The number of hydrogen-bond acceptors (Lipinski definition) is 2. The first-order valence-corrected chi connectivity index (χ1v) is 6.16. The molecular weight excluding hydrogens is 198 g/mol. The molecule has 1 heterocycles. The van der Waals surface area contributed by atoms with Crippen LogP contribution in [0, 0.1) is 0 Å². The Bertz CT molecular complexity index is 337. The van der Waals surface area contributed by atoms with Crippen LogP contribution in [0.5, 0.6) is 5.75 Å². The smallest absolute Gasteiger partial charge is 0.119 e. The Balaban J connectivity index is 1.88. The average molecular weight is 219 g/mol. The fourth-order valence-corrected chi connectivity index (χ4v) is 2.43. The second-order valence-corrected chi connectivity index (χ2v) is 4.63. The fourth-order valence-electron chi connectivity index (χ4n) is 2.43. The van der Waals surface area contributed by atoms with Crippen molar-refractivity contribution in [1.82, 2.24) is 4.90 Å². The zero-order valence-electron chi connectivity index (χ0n) is 10.3. The van der Waals surface area contributed by atoms with Crippen molar-refractivity contribution in [3.63, 3.8) is 0 Å². The monoisotopic (exact) mass is 219 g/mol. The molecule has 1 fully saturated rings. The summed E-state index contributed by atoms with van der Waals surface area (Å²) in [6, 6.07) is 9.17. The van der Waals surface area contributed by atoms with Crippen LogP contribution < -0.4 is 4.74 Å². The molecule has 0 radical (unpaired) electrons. The Morgan fingerprint density at radius 3 is 3.00 bits per heavy atom. The highest BCUT2D eigenvalue weighted by Crippen LogP contribution is 2.18. The van der Waals surface area contributed by atoms with Crippen molar-refractivity contribution < 1.29 is 4.74 Å². The summed E-state index contributed by atoms with van der Waals surface area (Å²) in [6.45, 7) is 4.78. The first-order valence-electron chi connectivity index (χ1n) is 6.16. The Labute approximate surface area is 98.2 Å². The molecule has 0 aromatic heterocycles. The maximum absolute atomic E-state index is 5.23. The number of nitrogens with zero attached hydrogens (tertiary/aromatic N) is 1. The highest BCUT2D eigenvalue weighted by molar-refractivity contribution is 5.28. The van der Waals surface area contributed by atoms with Gasteiger partial charge < -0.3 is 9.64 Å². The molecule has 0 bridgehead atoms. The lowest BCUT2D eigenvalue weighted by Gasteiger charge is -2.20. The van der Waals surface area contributed by atoms with Crippen molar-refractivity contribution in [3.05, 3.63) is 29.8 Å². The van der Waals surface area contributed by atoms with E-state index in [0.717, 1.165) is 18.2 Å². The third-order valence-corrected chi connectivity index (χ3v) is 3.51. The van der Waals surface area contributed by atoms with Crippen LogP contribution in [0.4, 0.5) is 0 Å². The highest BCUT2D eigenvalue weighted by atomic mass is 16.5. The van der Waals surface area contributed by atoms with Gasteiger partial charge in [-0.2, -0.15) is 0 Å². The summed E-state index contributed by atoms with van der Waals surface area (Å²) >= 11 is 0. The topological polar surface area (TPSA) is 12.5 Å². The fraction of sp³-hybridized carbons (Fsp3) is 0.571. The highest BCUT2D eigenvalue weighted by Gasteiger charge is 2.19. The van der Waals surface area contributed by atoms with Gasteiger partial charge in [0.15, 0.2) is 0 Å². The standard InChI is InChI=1S/C14H21NO/c1-12-5-4-9-15(12)10-8-13-6-3-7-14(11-13)16-2/h3,6-7,11-12H,4-5,8-10H2,1-2H3/t12-/m0/s1.